The van der Waals surface area contributed by atoms with Crippen LogP contribution in [0.25, 0.3) is 0 Å². The summed E-state index contributed by atoms with van der Waals surface area (Å²) < 4.78 is 5.20. The summed E-state index contributed by atoms with van der Waals surface area (Å²) in [5.74, 6) is -1.69. The van der Waals surface area contributed by atoms with Crippen molar-refractivity contribution in [3.05, 3.63) is 35.4 Å². The largest absolute Gasteiger partial charge is 0.480 e. The number of rotatable bonds is 3. The standard InChI is InChI=1S/C19H24N2O5/c1-13-4-6-14(7-5-13)17(22)20-8-2-3-15(11-20)18(23)21-9-10-26-12-16(21)19(24)25/h4-7,15-16H,2-3,8-12H2,1H3,(H,24,25). The maximum atomic E-state index is 12.9. The Morgan fingerprint density at radius 1 is 1.15 bits per heavy atom. The van der Waals surface area contributed by atoms with E-state index in [-0.39, 0.29) is 30.9 Å². The summed E-state index contributed by atoms with van der Waals surface area (Å²) in [6.07, 6.45) is 1.40. The smallest absolute Gasteiger partial charge is 0.328 e. The van der Waals surface area contributed by atoms with Crippen LogP contribution in [-0.2, 0) is 14.3 Å². The Kier molecular flexibility index (Phi) is 5.56. The highest BCUT2D eigenvalue weighted by Crippen LogP contribution is 2.23. The summed E-state index contributed by atoms with van der Waals surface area (Å²) in [5.41, 5.74) is 1.69. The van der Waals surface area contributed by atoms with E-state index in [4.69, 9.17) is 4.74 Å². The molecular weight excluding hydrogens is 336 g/mol. The van der Waals surface area contributed by atoms with Gasteiger partial charge in [-0.25, -0.2) is 4.79 Å². The Balaban J connectivity index is 1.69. The van der Waals surface area contributed by atoms with Crippen LogP contribution >= 0.6 is 0 Å². The molecule has 0 bridgehead atoms. The molecule has 2 aliphatic heterocycles. The SMILES string of the molecule is Cc1ccc(C(=O)N2CCCC(C(=O)N3CCOCC3C(=O)O)C2)cc1. The maximum Gasteiger partial charge on any atom is 0.328 e. The first-order chi connectivity index (χ1) is 12.5. The fourth-order valence-corrected chi connectivity index (χ4v) is 3.55. The molecule has 2 fully saturated rings. The van der Waals surface area contributed by atoms with Gasteiger partial charge in [0.2, 0.25) is 5.91 Å². The van der Waals surface area contributed by atoms with E-state index in [9.17, 15) is 19.5 Å². The first-order valence-corrected chi connectivity index (χ1v) is 8.94. The lowest BCUT2D eigenvalue weighted by Crippen LogP contribution is -2.56. The molecule has 140 valence electrons. The number of benzene rings is 1. The van der Waals surface area contributed by atoms with Crippen LogP contribution in [0.4, 0.5) is 0 Å². The Morgan fingerprint density at radius 2 is 1.88 bits per heavy atom. The second kappa shape index (κ2) is 7.86. The molecule has 2 atom stereocenters. The van der Waals surface area contributed by atoms with Crippen molar-refractivity contribution in [2.75, 3.05) is 32.8 Å². The van der Waals surface area contributed by atoms with Gasteiger partial charge < -0.3 is 19.6 Å². The number of morpholine rings is 1. The number of carboxylic acid groups (broad SMARTS) is 1. The third-order valence-electron chi connectivity index (χ3n) is 5.05. The van der Waals surface area contributed by atoms with Gasteiger partial charge in [0.15, 0.2) is 6.04 Å². The second-order valence-electron chi connectivity index (χ2n) is 6.92. The van der Waals surface area contributed by atoms with Crippen LogP contribution in [0, 0.1) is 12.8 Å². The van der Waals surface area contributed by atoms with E-state index in [1.807, 2.05) is 19.1 Å². The van der Waals surface area contributed by atoms with Gasteiger partial charge in [0, 0.05) is 25.2 Å². The highest BCUT2D eigenvalue weighted by Gasteiger charge is 2.38. The van der Waals surface area contributed by atoms with Crippen molar-refractivity contribution < 1.29 is 24.2 Å². The molecule has 2 amide bonds. The van der Waals surface area contributed by atoms with E-state index in [0.29, 0.717) is 31.7 Å². The number of hydrogen-bond acceptors (Lipinski definition) is 4. The number of piperidine rings is 1. The van der Waals surface area contributed by atoms with Crippen molar-refractivity contribution in [1.82, 2.24) is 9.80 Å². The molecule has 7 nitrogen and oxygen atoms in total. The van der Waals surface area contributed by atoms with E-state index in [2.05, 4.69) is 0 Å². The normalized spacial score (nSPS) is 23.6. The van der Waals surface area contributed by atoms with Gasteiger partial charge in [-0.2, -0.15) is 0 Å². The number of aryl methyl sites for hydroxylation is 1. The molecule has 2 heterocycles. The van der Waals surface area contributed by atoms with Crippen LogP contribution in [0.3, 0.4) is 0 Å². The number of aliphatic carboxylic acids is 1. The van der Waals surface area contributed by atoms with Crippen molar-refractivity contribution in [3.63, 3.8) is 0 Å². The van der Waals surface area contributed by atoms with E-state index < -0.39 is 12.0 Å². The number of carbonyl (C=O) groups is 3. The van der Waals surface area contributed by atoms with Crippen LogP contribution in [0.1, 0.15) is 28.8 Å². The van der Waals surface area contributed by atoms with Gasteiger partial charge in [0.25, 0.3) is 5.91 Å². The van der Waals surface area contributed by atoms with Gasteiger partial charge >= 0.3 is 5.97 Å². The summed E-state index contributed by atoms with van der Waals surface area (Å²) in [4.78, 5) is 40.1. The Bertz CT molecular complexity index is 688. The number of nitrogens with zero attached hydrogens (tertiary/aromatic N) is 2. The maximum absolute atomic E-state index is 12.9. The van der Waals surface area contributed by atoms with Gasteiger partial charge in [-0.3, -0.25) is 9.59 Å². The number of carbonyl (C=O) groups excluding carboxylic acids is 2. The molecule has 0 spiro atoms. The minimum atomic E-state index is -1.05. The first kappa shape index (κ1) is 18.4. The quantitative estimate of drug-likeness (QED) is 0.874. The molecule has 26 heavy (non-hydrogen) atoms. The summed E-state index contributed by atoms with van der Waals surface area (Å²) in [5, 5.41) is 9.33. The molecule has 2 saturated heterocycles. The van der Waals surface area contributed by atoms with Gasteiger partial charge in [0.05, 0.1) is 19.1 Å². The zero-order valence-electron chi connectivity index (χ0n) is 14.9. The molecule has 2 aliphatic rings. The zero-order valence-corrected chi connectivity index (χ0v) is 14.9. The number of hydrogen-bond donors (Lipinski definition) is 1. The summed E-state index contributed by atoms with van der Waals surface area (Å²) in [6.45, 7) is 3.54. The van der Waals surface area contributed by atoms with Gasteiger partial charge in [-0.1, -0.05) is 17.7 Å². The van der Waals surface area contributed by atoms with Gasteiger partial charge in [-0.05, 0) is 31.9 Å². The summed E-state index contributed by atoms with van der Waals surface area (Å²) in [6, 6.07) is 6.44. The van der Waals surface area contributed by atoms with Crippen molar-refractivity contribution >= 4 is 17.8 Å². The average molecular weight is 360 g/mol. The minimum Gasteiger partial charge on any atom is -0.480 e. The third-order valence-corrected chi connectivity index (χ3v) is 5.05. The van der Waals surface area contributed by atoms with Crippen molar-refractivity contribution in [1.29, 1.82) is 0 Å². The highest BCUT2D eigenvalue weighted by atomic mass is 16.5. The fourth-order valence-electron chi connectivity index (χ4n) is 3.55. The molecule has 2 unspecified atom stereocenters. The van der Waals surface area contributed by atoms with Crippen LogP contribution in [0.2, 0.25) is 0 Å². The van der Waals surface area contributed by atoms with Crippen molar-refractivity contribution in [2.45, 2.75) is 25.8 Å². The molecule has 0 saturated carbocycles. The van der Waals surface area contributed by atoms with Gasteiger partial charge in [0.1, 0.15) is 0 Å². The Labute approximate surface area is 152 Å². The molecule has 7 heteroatoms. The lowest BCUT2D eigenvalue weighted by Gasteiger charge is -2.38. The lowest BCUT2D eigenvalue weighted by atomic mass is 9.95. The third kappa shape index (κ3) is 3.88. The van der Waals surface area contributed by atoms with E-state index in [1.54, 1.807) is 17.0 Å². The monoisotopic (exact) mass is 360 g/mol. The van der Waals surface area contributed by atoms with Crippen LogP contribution in [0.5, 0.6) is 0 Å². The van der Waals surface area contributed by atoms with Crippen LogP contribution in [0.15, 0.2) is 24.3 Å². The molecule has 1 aromatic rings. The number of carboxylic acids is 1. The number of likely N-dealkylation sites (tertiary alicyclic amines) is 1. The molecule has 1 N–H and O–H groups in total. The molecule has 1 aromatic carbocycles. The molecule has 3 rings (SSSR count). The second-order valence-corrected chi connectivity index (χ2v) is 6.92. The number of ether oxygens (including phenoxy) is 1. The van der Waals surface area contributed by atoms with E-state index in [1.165, 1.54) is 4.90 Å². The number of amides is 2. The molecule has 0 aliphatic carbocycles. The molecule has 0 radical (unpaired) electrons. The fraction of sp³-hybridized carbons (Fsp3) is 0.526. The van der Waals surface area contributed by atoms with Gasteiger partial charge in [-0.15, -0.1) is 0 Å². The molecule has 0 aromatic heterocycles. The van der Waals surface area contributed by atoms with E-state index in [0.717, 1.165) is 12.0 Å². The Morgan fingerprint density at radius 3 is 2.58 bits per heavy atom. The van der Waals surface area contributed by atoms with Crippen molar-refractivity contribution in [2.24, 2.45) is 5.92 Å². The van der Waals surface area contributed by atoms with Crippen LogP contribution in [-0.4, -0.2) is 71.6 Å². The minimum absolute atomic E-state index is 0.0137. The predicted octanol–water partition coefficient (Wildman–Crippen LogP) is 1.16. The lowest BCUT2D eigenvalue weighted by molar-refractivity contribution is -0.161. The van der Waals surface area contributed by atoms with E-state index >= 15 is 0 Å². The first-order valence-electron chi connectivity index (χ1n) is 8.94. The van der Waals surface area contributed by atoms with Crippen molar-refractivity contribution in [3.8, 4) is 0 Å². The summed E-state index contributed by atoms with van der Waals surface area (Å²) in [7, 11) is 0. The topological polar surface area (TPSA) is 87.2 Å². The highest BCUT2D eigenvalue weighted by molar-refractivity contribution is 5.95. The Hall–Kier alpha value is -2.41. The van der Waals surface area contributed by atoms with Crippen LogP contribution < -0.4 is 0 Å². The molecular formula is C19H24N2O5. The zero-order chi connectivity index (χ0) is 18.7. The average Bonchev–Trinajstić information content (AvgIpc) is 2.67. The summed E-state index contributed by atoms with van der Waals surface area (Å²) >= 11 is 0. The predicted molar refractivity (Wildman–Crippen MR) is 93.8 cm³/mol.